The highest BCUT2D eigenvalue weighted by molar-refractivity contribution is 5.84. The third kappa shape index (κ3) is 3.74. The monoisotopic (exact) mass is 383 g/mol. The average molecular weight is 383 g/mol. The van der Waals surface area contributed by atoms with E-state index in [0.29, 0.717) is 24.4 Å². The molecule has 2 aliphatic rings. The molecule has 4 rings (SSSR count). The number of pyridine rings is 1. The van der Waals surface area contributed by atoms with Crippen LogP contribution in [-0.4, -0.2) is 47.4 Å². The molecule has 28 heavy (non-hydrogen) atoms. The molecule has 1 spiro atoms. The van der Waals surface area contributed by atoms with Crippen molar-refractivity contribution in [2.24, 2.45) is 5.41 Å². The molecule has 1 amide bonds. The number of carbonyl (C=O) groups excluding carboxylic acids is 1. The molecule has 1 atom stereocenters. The van der Waals surface area contributed by atoms with Crippen LogP contribution in [0.5, 0.6) is 5.75 Å². The second-order valence-electron chi connectivity index (χ2n) is 7.89. The van der Waals surface area contributed by atoms with E-state index in [-0.39, 0.29) is 17.1 Å². The Hall–Kier alpha value is -2.47. The lowest BCUT2D eigenvalue weighted by Gasteiger charge is -2.39. The third-order valence-electron chi connectivity index (χ3n) is 6.00. The zero-order chi connectivity index (χ0) is 19.6. The van der Waals surface area contributed by atoms with E-state index in [1.807, 2.05) is 17.2 Å². The van der Waals surface area contributed by atoms with Gasteiger partial charge in [0.1, 0.15) is 11.6 Å². The molecule has 2 saturated heterocycles. The molecule has 0 N–H and O–H groups in total. The molecule has 1 aromatic carbocycles. The van der Waals surface area contributed by atoms with Gasteiger partial charge < -0.3 is 9.64 Å². The predicted octanol–water partition coefficient (Wildman–Crippen LogP) is 3.24. The SMILES string of the molecule is COc1ccc(F)c(CN2CCC[C@@]3(CCN(Cc4cccnc4)C3)C2=O)c1. The summed E-state index contributed by atoms with van der Waals surface area (Å²) in [6, 6.07) is 8.71. The van der Waals surface area contributed by atoms with E-state index >= 15 is 0 Å². The molecule has 3 heterocycles. The smallest absolute Gasteiger partial charge is 0.230 e. The van der Waals surface area contributed by atoms with Crippen molar-refractivity contribution >= 4 is 5.91 Å². The predicted molar refractivity (Wildman–Crippen MR) is 104 cm³/mol. The summed E-state index contributed by atoms with van der Waals surface area (Å²) in [5, 5.41) is 0. The highest BCUT2D eigenvalue weighted by Gasteiger charge is 2.48. The van der Waals surface area contributed by atoms with Crippen molar-refractivity contribution in [1.29, 1.82) is 0 Å². The molecule has 2 aromatic rings. The van der Waals surface area contributed by atoms with Crippen molar-refractivity contribution in [2.45, 2.75) is 32.4 Å². The summed E-state index contributed by atoms with van der Waals surface area (Å²) in [6.45, 7) is 3.46. The van der Waals surface area contributed by atoms with Gasteiger partial charge in [0.25, 0.3) is 0 Å². The first-order valence-corrected chi connectivity index (χ1v) is 9.83. The molecule has 0 aliphatic carbocycles. The molecule has 0 unspecified atom stereocenters. The van der Waals surface area contributed by atoms with Crippen LogP contribution in [0.1, 0.15) is 30.4 Å². The number of rotatable bonds is 5. The summed E-state index contributed by atoms with van der Waals surface area (Å²) in [4.78, 5) is 21.7. The lowest BCUT2D eigenvalue weighted by molar-refractivity contribution is -0.146. The maximum atomic E-state index is 14.3. The fourth-order valence-corrected chi connectivity index (χ4v) is 4.53. The molecule has 6 heteroatoms. The van der Waals surface area contributed by atoms with Crippen molar-refractivity contribution in [1.82, 2.24) is 14.8 Å². The van der Waals surface area contributed by atoms with Gasteiger partial charge in [-0.15, -0.1) is 0 Å². The number of likely N-dealkylation sites (tertiary alicyclic amines) is 2. The number of ether oxygens (including phenoxy) is 1. The topological polar surface area (TPSA) is 45.7 Å². The Morgan fingerprint density at radius 3 is 2.89 bits per heavy atom. The Morgan fingerprint density at radius 1 is 1.21 bits per heavy atom. The van der Waals surface area contributed by atoms with Crippen molar-refractivity contribution < 1.29 is 13.9 Å². The van der Waals surface area contributed by atoms with Gasteiger partial charge in [-0.25, -0.2) is 4.39 Å². The van der Waals surface area contributed by atoms with Crippen LogP contribution in [0.25, 0.3) is 0 Å². The Balaban J connectivity index is 1.46. The number of amides is 1. The minimum absolute atomic E-state index is 0.162. The zero-order valence-electron chi connectivity index (χ0n) is 16.2. The van der Waals surface area contributed by atoms with Crippen LogP contribution in [0.3, 0.4) is 0 Å². The van der Waals surface area contributed by atoms with Gasteiger partial charge in [0.15, 0.2) is 0 Å². The van der Waals surface area contributed by atoms with Crippen LogP contribution in [0.4, 0.5) is 4.39 Å². The number of carbonyl (C=O) groups is 1. The highest BCUT2D eigenvalue weighted by atomic mass is 19.1. The minimum atomic E-state index is -0.337. The first-order chi connectivity index (χ1) is 13.6. The first-order valence-electron chi connectivity index (χ1n) is 9.83. The fourth-order valence-electron chi connectivity index (χ4n) is 4.53. The Morgan fingerprint density at radius 2 is 2.11 bits per heavy atom. The molecule has 2 aliphatic heterocycles. The summed E-state index contributed by atoms with van der Waals surface area (Å²) in [5.74, 6) is 0.478. The molecule has 0 radical (unpaired) electrons. The summed E-state index contributed by atoms with van der Waals surface area (Å²) >= 11 is 0. The summed E-state index contributed by atoms with van der Waals surface area (Å²) in [5.41, 5.74) is 1.34. The fraction of sp³-hybridized carbons (Fsp3) is 0.455. The van der Waals surface area contributed by atoms with Crippen LogP contribution >= 0.6 is 0 Å². The zero-order valence-corrected chi connectivity index (χ0v) is 16.2. The largest absolute Gasteiger partial charge is 0.497 e. The van der Waals surface area contributed by atoms with Gasteiger partial charge in [-0.1, -0.05) is 6.07 Å². The third-order valence-corrected chi connectivity index (χ3v) is 6.00. The van der Waals surface area contributed by atoms with Gasteiger partial charge in [0.05, 0.1) is 12.5 Å². The van der Waals surface area contributed by atoms with Gasteiger partial charge >= 0.3 is 0 Å². The van der Waals surface area contributed by atoms with Gasteiger partial charge in [0, 0.05) is 44.1 Å². The number of halogens is 1. The Kier molecular flexibility index (Phi) is 5.31. The van der Waals surface area contributed by atoms with Crippen molar-refractivity contribution in [3.63, 3.8) is 0 Å². The number of benzene rings is 1. The molecule has 5 nitrogen and oxygen atoms in total. The molecule has 1 aromatic heterocycles. The van der Waals surface area contributed by atoms with Crippen LogP contribution in [0.15, 0.2) is 42.7 Å². The minimum Gasteiger partial charge on any atom is -0.497 e. The Bertz CT molecular complexity index is 845. The standard InChI is InChI=1S/C22H26FN3O2/c1-28-19-5-6-20(23)18(12-19)15-26-10-3-7-22(21(26)27)8-11-25(16-22)14-17-4-2-9-24-13-17/h2,4-6,9,12-13H,3,7-8,10-11,14-16H2,1H3/t22-/m0/s1. The van der Waals surface area contributed by atoms with Crippen molar-refractivity contribution in [2.75, 3.05) is 26.7 Å². The van der Waals surface area contributed by atoms with E-state index in [1.165, 1.54) is 6.07 Å². The van der Waals surface area contributed by atoms with E-state index < -0.39 is 0 Å². The van der Waals surface area contributed by atoms with Crippen molar-refractivity contribution in [3.8, 4) is 5.75 Å². The Labute approximate surface area is 165 Å². The molecule has 2 fully saturated rings. The van der Waals surface area contributed by atoms with Gasteiger partial charge in [0.2, 0.25) is 5.91 Å². The number of aromatic nitrogens is 1. The number of methoxy groups -OCH3 is 1. The molecule has 148 valence electrons. The number of piperidine rings is 1. The van der Waals surface area contributed by atoms with E-state index in [4.69, 9.17) is 4.74 Å². The van der Waals surface area contributed by atoms with Crippen LogP contribution in [0, 0.1) is 11.2 Å². The molecular formula is C22H26FN3O2. The molecular weight excluding hydrogens is 357 g/mol. The normalized spacial score (nSPS) is 22.8. The lowest BCUT2D eigenvalue weighted by atomic mass is 9.78. The number of hydrogen-bond donors (Lipinski definition) is 0. The molecule has 0 saturated carbocycles. The summed E-state index contributed by atoms with van der Waals surface area (Å²) < 4.78 is 19.5. The quantitative estimate of drug-likeness (QED) is 0.795. The second-order valence-corrected chi connectivity index (χ2v) is 7.89. The average Bonchev–Trinajstić information content (AvgIpc) is 3.11. The van der Waals surface area contributed by atoms with Crippen molar-refractivity contribution in [3.05, 3.63) is 59.7 Å². The van der Waals surface area contributed by atoms with Gasteiger partial charge in [-0.2, -0.15) is 0 Å². The maximum absolute atomic E-state index is 14.3. The maximum Gasteiger partial charge on any atom is 0.230 e. The highest BCUT2D eigenvalue weighted by Crippen LogP contribution is 2.41. The van der Waals surface area contributed by atoms with Gasteiger partial charge in [-0.05, 0) is 55.6 Å². The first kappa shape index (κ1) is 18.9. The second kappa shape index (κ2) is 7.87. The van der Waals surface area contributed by atoms with E-state index in [1.54, 1.807) is 25.4 Å². The van der Waals surface area contributed by atoms with Crippen LogP contribution < -0.4 is 4.74 Å². The summed E-state index contributed by atoms with van der Waals surface area (Å²) in [7, 11) is 1.56. The molecule has 0 bridgehead atoms. The van der Waals surface area contributed by atoms with E-state index in [9.17, 15) is 9.18 Å². The van der Waals surface area contributed by atoms with Crippen LogP contribution in [0.2, 0.25) is 0 Å². The summed E-state index contributed by atoms with van der Waals surface area (Å²) in [6.07, 6.45) is 6.38. The van der Waals surface area contributed by atoms with Crippen LogP contribution in [-0.2, 0) is 17.9 Å². The lowest BCUT2D eigenvalue weighted by Crippen LogP contribution is -2.49. The van der Waals surface area contributed by atoms with E-state index in [2.05, 4.69) is 16.0 Å². The van der Waals surface area contributed by atoms with E-state index in [0.717, 1.165) is 44.5 Å². The van der Waals surface area contributed by atoms with Gasteiger partial charge in [-0.3, -0.25) is 14.7 Å². The number of hydrogen-bond acceptors (Lipinski definition) is 4. The number of nitrogens with zero attached hydrogens (tertiary/aromatic N) is 3.